The van der Waals surface area contributed by atoms with E-state index in [0.717, 1.165) is 17.8 Å². The molecule has 3 atom stereocenters. The average Bonchev–Trinajstić information content (AvgIpc) is 2.04. The lowest BCUT2D eigenvalue weighted by atomic mass is 9.97. The first-order valence-electron chi connectivity index (χ1n) is 4.96. The van der Waals surface area contributed by atoms with Gasteiger partial charge in [-0.1, -0.05) is 27.7 Å². The lowest BCUT2D eigenvalue weighted by molar-refractivity contribution is 0.350. The zero-order chi connectivity index (χ0) is 9.14. The van der Waals surface area contributed by atoms with Crippen LogP contribution in [0.3, 0.4) is 0 Å². The minimum Gasteiger partial charge on any atom is -0.305 e. The summed E-state index contributed by atoms with van der Waals surface area (Å²) in [4.78, 5) is 0. The molecule has 0 bridgehead atoms. The maximum absolute atomic E-state index is 3.61. The molecule has 2 heteroatoms. The molecule has 1 saturated heterocycles. The first-order chi connectivity index (χ1) is 5.61. The summed E-state index contributed by atoms with van der Waals surface area (Å²) in [5.74, 6) is 3.77. The van der Waals surface area contributed by atoms with Crippen molar-refractivity contribution >= 4 is 11.8 Å². The molecule has 0 aliphatic carbocycles. The van der Waals surface area contributed by atoms with Crippen molar-refractivity contribution in [2.24, 2.45) is 17.8 Å². The lowest BCUT2D eigenvalue weighted by Crippen LogP contribution is -2.41. The number of hydrogen-bond acceptors (Lipinski definition) is 2. The Morgan fingerprint density at radius 1 is 1.33 bits per heavy atom. The van der Waals surface area contributed by atoms with Crippen molar-refractivity contribution in [1.82, 2.24) is 5.32 Å². The van der Waals surface area contributed by atoms with Gasteiger partial charge in [0.25, 0.3) is 0 Å². The monoisotopic (exact) mass is 187 g/mol. The fourth-order valence-corrected chi connectivity index (χ4v) is 2.88. The Morgan fingerprint density at radius 3 is 2.42 bits per heavy atom. The third kappa shape index (κ3) is 2.67. The molecule has 0 spiro atoms. The van der Waals surface area contributed by atoms with Gasteiger partial charge in [0.1, 0.15) is 0 Å². The van der Waals surface area contributed by atoms with E-state index in [1.165, 1.54) is 12.3 Å². The van der Waals surface area contributed by atoms with Crippen LogP contribution in [0.15, 0.2) is 0 Å². The van der Waals surface area contributed by atoms with Crippen molar-refractivity contribution in [3.63, 3.8) is 0 Å². The van der Waals surface area contributed by atoms with Crippen LogP contribution in [0.1, 0.15) is 27.7 Å². The molecular weight excluding hydrogens is 166 g/mol. The summed E-state index contributed by atoms with van der Waals surface area (Å²) >= 11 is 2.10. The van der Waals surface area contributed by atoms with E-state index in [9.17, 15) is 0 Å². The fourth-order valence-electron chi connectivity index (χ4n) is 1.39. The summed E-state index contributed by atoms with van der Waals surface area (Å²) in [6, 6.07) is 0. The molecule has 1 fully saturated rings. The van der Waals surface area contributed by atoms with Crippen LogP contribution >= 0.6 is 11.8 Å². The highest BCUT2D eigenvalue weighted by molar-refractivity contribution is 7.99. The van der Waals surface area contributed by atoms with E-state index in [-0.39, 0.29) is 0 Å². The van der Waals surface area contributed by atoms with Crippen LogP contribution < -0.4 is 5.32 Å². The molecule has 1 rings (SSSR count). The number of thioether (sulfide) groups is 1. The van der Waals surface area contributed by atoms with Gasteiger partial charge in [0.05, 0.1) is 5.37 Å². The first-order valence-corrected chi connectivity index (χ1v) is 6.01. The predicted octanol–water partition coefficient (Wildman–Crippen LogP) is 2.58. The highest BCUT2D eigenvalue weighted by Gasteiger charge is 2.24. The van der Waals surface area contributed by atoms with Gasteiger partial charge in [0.2, 0.25) is 0 Å². The summed E-state index contributed by atoms with van der Waals surface area (Å²) in [5, 5.41) is 4.31. The van der Waals surface area contributed by atoms with Gasteiger partial charge in [-0.15, -0.1) is 11.8 Å². The predicted molar refractivity (Wildman–Crippen MR) is 57.4 cm³/mol. The first kappa shape index (κ1) is 10.4. The number of rotatable bonds is 2. The van der Waals surface area contributed by atoms with Crippen LogP contribution in [-0.4, -0.2) is 17.7 Å². The summed E-state index contributed by atoms with van der Waals surface area (Å²) in [5.41, 5.74) is 0. The zero-order valence-electron chi connectivity index (χ0n) is 8.63. The zero-order valence-corrected chi connectivity index (χ0v) is 9.45. The van der Waals surface area contributed by atoms with E-state index in [2.05, 4.69) is 44.8 Å². The fraction of sp³-hybridized carbons (Fsp3) is 1.00. The Morgan fingerprint density at radius 2 is 2.00 bits per heavy atom. The normalized spacial score (nSPS) is 33.8. The van der Waals surface area contributed by atoms with E-state index in [1.54, 1.807) is 0 Å². The molecule has 12 heavy (non-hydrogen) atoms. The van der Waals surface area contributed by atoms with Crippen molar-refractivity contribution in [2.45, 2.75) is 33.1 Å². The molecule has 1 heterocycles. The molecule has 1 aliphatic rings. The van der Waals surface area contributed by atoms with Crippen LogP contribution in [-0.2, 0) is 0 Å². The molecule has 1 aliphatic heterocycles. The Bertz CT molecular complexity index is 128. The summed E-state index contributed by atoms with van der Waals surface area (Å²) in [6.45, 7) is 10.5. The highest BCUT2D eigenvalue weighted by Crippen LogP contribution is 2.28. The molecule has 0 amide bonds. The topological polar surface area (TPSA) is 12.0 Å². The van der Waals surface area contributed by atoms with Crippen molar-refractivity contribution in [3.8, 4) is 0 Å². The highest BCUT2D eigenvalue weighted by atomic mass is 32.2. The van der Waals surface area contributed by atoms with E-state index in [1.807, 2.05) is 0 Å². The standard InChI is InChI=1S/C10H21NS/c1-7(2)9(4)10-11-5-8(3)6-12-10/h7-11H,5-6H2,1-4H3. The number of hydrogen-bond donors (Lipinski definition) is 1. The van der Waals surface area contributed by atoms with Crippen molar-refractivity contribution in [1.29, 1.82) is 0 Å². The second-order valence-electron chi connectivity index (χ2n) is 4.37. The van der Waals surface area contributed by atoms with Gasteiger partial charge < -0.3 is 5.32 Å². The smallest absolute Gasteiger partial charge is 0.0560 e. The minimum atomic E-state index is 0.696. The third-order valence-electron chi connectivity index (χ3n) is 2.76. The van der Waals surface area contributed by atoms with Gasteiger partial charge in [0.15, 0.2) is 0 Å². The van der Waals surface area contributed by atoms with E-state index >= 15 is 0 Å². The second kappa shape index (κ2) is 4.52. The van der Waals surface area contributed by atoms with Crippen molar-refractivity contribution < 1.29 is 0 Å². The molecule has 1 nitrogen and oxygen atoms in total. The summed E-state index contributed by atoms with van der Waals surface area (Å²) in [6.07, 6.45) is 0. The Balaban J connectivity index is 2.34. The van der Waals surface area contributed by atoms with Gasteiger partial charge in [-0.3, -0.25) is 0 Å². The average molecular weight is 187 g/mol. The van der Waals surface area contributed by atoms with E-state index in [4.69, 9.17) is 0 Å². The molecule has 0 aromatic carbocycles. The molecule has 1 N–H and O–H groups in total. The van der Waals surface area contributed by atoms with Crippen molar-refractivity contribution in [3.05, 3.63) is 0 Å². The van der Waals surface area contributed by atoms with Crippen LogP contribution in [0.5, 0.6) is 0 Å². The molecular formula is C10H21NS. The van der Waals surface area contributed by atoms with Crippen LogP contribution in [0.2, 0.25) is 0 Å². The summed E-state index contributed by atoms with van der Waals surface area (Å²) < 4.78 is 0. The van der Waals surface area contributed by atoms with Gasteiger partial charge in [0, 0.05) is 0 Å². The van der Waals surface area contributed by atoms with Crippen molar-refractivity contribution in [2.75, 3.05) is 12.3 Å². The molecule has 0 aromatic heterocycles. The van der Waals surface area contributed by atoms with Gasteiger partial charge in [-0.05, 0) is 30.1 Å². The third-order valence-corrected chi connectivity index (χ3v) is 4.47. The number of nitrogens with one attached hydrogen (secondary N) is 1. The van der Waals surface area contributed by atoms with E-state index < -0.39 is 0 Å². The molecule has 0 saturated carbocycles. The summed E-state index contributed by atoms with van der Waals surface area (Å²) in [7, 11) is 0. The largest absolute Gasteiger partial charge is 0.305 e. The minimum absolute atomic E-state index is 0.696. The second-order valence-corrected chi connectivity index (χ2v) is 5.55. The Labute approximate surface area is 80.7 Å². The maximum Gasteiger partial charge on any atom is 0.0560 e. The maximum atomic E-state index is 3.61. The Kier molecular flexibility index (Phi) is 3.91. The molecule has 3 unspecified atom stereocenters. The van der Waals surface area contributed by atoms with Crippen LogP contribution in [0.4, 0.5) is 0 Å². The van der Waals surface area contributed by atoms with Crippen LogP contribution in [0.25, 0.3) is 0 Å². The van der Waals surface area contributed by atoms with Crippen LogP contribution in [0, 0.1) is 17.8 Å². The van der Waals surface area contributed by atoms with Gasteiger partial charge >= 0.3 is 0 Å². The molecule has 0 aromatic rings. The Hall–Kier alpha value is 0.310. The SMILES string of the molecule is CC1CNC(C(C)C(C)C)SC1. The van der Waals surface area contributed by atoms with Gasteiger partial charge in [-0.25, -0.2) is 0 Å². The van der Waals surface area contributed by atoms with Gasteiger partial charge in [-0.2, -0.15) is 0 Å². The molecule has 72 valence electrons. The quantitative estimate of drug-likeness (QED) is 0.713. The lowest BCUT2D eigenvalue weighted by Gasteiger charge is -2.33. The van der Waals surface area contributed by atoms with E-state index in [0.29, 0.717) is 5.37 Å². The molecule has 0 radical (unpaired) electrons.